The number of ketones is 1. The molecule has 0 saturated carbocycles. The van der Waals surface area contributed by atoms with Crippen molar-refractivity contribution in [2.75, 3.05) is 32.9 Å². The molecule has 2 saturated heterocycles. The standard InChI is InChI=1S/C31H31N5O5/c32-14-23-12-22(5-6-28(23)41-24-7-9-36(10-8-24)29(39)15-37)30-25-13-26(35-31(25)34-18-33-30)20-1-3-21(4-2-20)27(38)11-19-16-40-17-19/h1,3-6,12-13,18-20,24,37H,2,7-11,15-17H2,(H,33,34,35). The van der Waals surface area contributed by atoms with E-state index in [1.165, 1.54) is 6.33 Å². The van der Waals surface area contributed by atoms with E-state index in [0.717, 1.165) is 22.2 Å². The number of ether oxygens (including phenoxy) is 2. The molecule has 3 aliphatic rings. The summed E-state index contributed by atoms with van der Waals surface area (Å²) in [6.07, 6.45) is 9.89. The van der Waals surface area contributed by atoms with Crippen LogP contribution in [0.15, 0.2) is 54.4 Å². The van der Waals surface area contributed by atoms with Gasteiger partial charge in [-0.25, -0.2) is 9.97 Å². The van der Waals surface area contributed by atoms with Crippen molar-refractivity contribution in [3.05, 3.63) is 65.7 Å². The first kappa shape index (κ1) is 26.9. The summed E-state index contributed by atoms with van der Waals surface area (Å²) in [5.41, 5.74) is 4.36. The van der Waals surface area contributed by atoms with Crippen molar-refractivity contribution in [1.82, 2.24) is 19.9 Å². The fraction of sp³-hybridized carbons (Fsp3) is 0.387. The molecule has 10 nitrogen and oxygen atoms in total. The largest absolute Gasteiger partial charge is 0.489 e. The maximum Gasteiger partial charge on any atom is 0.248 e. The van der Waals surface area contributed by atoms with E-state index in [4.69, 9.17) is 14.6 Å². The van der Waals surface area contributed by atoms with Gasteiger partial charge < -0.3 is 24.5 Å². The molecule has 1 atom stereocenters. The van der Waals surface area contributed by atoms with Crippen LogP contribution in [0.5, 0.6) is 5.75 Å². The second-order valence-corrected chi connectivity index (χ2v) is 10.8. The Bertz CT molecular complexity index is 1570. The van der Waals surface area contributed by atoms with Gasteiger partial charge in [0.25, 0.3) is 0 Å². The molecule has 1 aliphatic carbocycles. The first-order valence-electron chi connectivity index (χ1n) is 13.9. The first-order valence-corrected chi connectivity index (χ1v) is 13.9. The lowest BCUT2D eigenvalue weighted by molar-refractivity contribution is -0.136. The number of hydrogen-bond acceptors (Lipinski definition) is 8. The molecular formula is C31H31N5O5. The Balaban J connectivity index is 1.17. The number of hydrogen-bond donors (Lipinski definition) is 2. The number of nitrogens with one attached hydrogen (secondary N) is 1. The molecule has 210 valence electrons. The molecule has 2 aromatic heterocycles. The van der Waals surface area contributed by atoms with Crippen molar-refractivity contribution in [3.8, 4) is 23.1 Å². The van der Waals surface area contributed by atoms with Crippen molar-refractivity contribution in [1.29, 1.82) is 5.26 Å². The van der Waals surface area contributed by atoms with Gasteiger partial charge in [0, 0.05) is 66.4 Å². The van der Waals surface area contributed by atoms with E-state index in [0.29, 0.717) is 80.6 Å². The van der Waals surface area contributed by atoms with Gasteiger partial charge in [0.15, 0.2) is 5.78 Å². The SMILES string of the molecule is N#Cc1cc(-c2ncnc3[nH]c(C4C=CC(C(=O)CC5COC5)=CC4)cc23)ccc1OC1CCN(C(=O)CO)CC1. The van der Waals surface area contributed by atoms with E-state index in [1.807, 2.05) is 24.3 Å². The van der Waals surface area contributed by atoms with E-state index >= 15 is 0 Å². The van der Waals surface area contributed by atoms with Gasteiger partial charge in [-0.15, -0.1) is 0 Å². The second kappa shape index (κ2) is 11.6. The van der Waals surface area contributed by atoms with Crippen molar-refractivity contribution in [2.45, 2.75) is 37.7 Å². The molecular weight excluding hydrogens is 522 g/mol. The fourth-order valence-corrected chi connectivity index (χ4v) is 5.60. The van der Waals surface area contributed by atoms with Crippen LogP contribution in [0.25, 0.3) is 22.3 Å². The highest BCUT2D eigenvalue weighted by Gasteiger charge is 2.26. The molecule has 4 heterocycles. The van der Waals surface area contributed by atoms with E-state index in [9.17, 15) is 14.9 Å². The minimum Gasteiger partial charge on any atom is -0.489 e. The van der Waals surface area contributed by atoms with Gasteiger partial charge in [-0.3, -0.25) is 9.59 Å². The van der Waals surface area contributed by atoms with Crippen molar-refractivity contribution >= 4 is 22.7 Å². The van der Waals surface area contributed by atoms with Gasteiger partial charge in [0.1, 0.15) is 36.5 Å². The van der Waals surface area contributed by atoms with Gasteiger partial charge in [0.05, 0.1) is 24.5 Å². The molecule has 41 heavy (non-hydrogen) atoms. The summed E-state index contributed by atoms with van der Waals surface area (Å²) in [4.78, 5) is 38.3. The van der Waals surface area contributed by atoms with E-state index < -0.39 is 6.61 Å². The van der Waals surface area contributed by atoms with Crippen LogP contribution >= 0.6 is 0 Å². The number of aromatic amines is 1. The van der Waals surface area contributed by atoms with Gasteiger partial charge in [-0.2, -0.15) is 5.26 Å². The Hall–Kier alpha value is -4.33. The Kier molecular flexibility index (Phi) is 7.63. The second-order valence-electron chi connectivity index (χ2n) is 10.8. The lowest BCUT2D eigenvalue weighted by Crippen LogP contribution is -2.42. The van der Waals surface area contributed by atoms with Crippen LogP contribution in [0.2, 0.25) is 0 Å². The number of carbonyl (C=O) groups excluding carboxylic acids is 2. The number of carbonyl (C=O) groups is 2. The van der Waals surface area contributed by atoms with Gasteiger partial charge in [0.2, 0.25) is 5.91 Å². The summed E-state index contributed by atoms with van der Waals surface area (Å²) in [5.74, 6) is 0.814. The highest BCUT2D eigenvalue weighted by Crippen LogP contribution is 2.34. The predicted octanol–water partition coefficient (Wildman–Crippen LogP) is 3.43. The number of allylic oxidation sites excluding steroid dienone is 4. The molecule has 0 radical (unpaired) electrons. The third-order valence-corrected chi connectivity index (χ3v) is 8.05. The maximum atomic E-state index is 12.6. The van der Waals surface area contributed by atoms with Crippen LogP contribution in [-0.2, 0) is 14.3 Å². The maximum absolute atomic E-state index is 12.6. The third kappa shape index (κ3) is 5.64. The van der Waals surface area contributed by atoms with Crippen LogP contribution in [0.1, 0.15) is 42.9 Å². The zero-order valence-electron chi connectivity index (χ0n) is 22.6. The number of rotatable bonds is 8. The van der Waals surface area contributed by atoms with Gasteiger partial charge >= 0.3 is 0 Å². The number of amides is 1. The Morgan fingerprint density at radius 2 is 2.02 bits per heavy atom. The number of nitriles is 1. The Labute approximate surface area is 237 Å². The summed E-state index contributed by atoms with van der Waals surface area (Å²) in [6, 6.07) is 9.76. The quantitative estimate of drug-likeness (QED) is 0.432. The van der Waals surface area contributed by atoms with Gasteiger partial charge in [-0.1, -0.05) is 18.2 Å². The normalized spacial score (nSPS) is 19.5. The number of aromatic nitrogens is 3. The molecule has 6 rings (SSSR count). The summed E-state index contributed by atoms with van der Waals surface area (Å²) in [6.45, 7) is 1.88. The third-order valence-electron chi connectivity index (χ3n) is 8.05. The van der Waals surface area contributed by atoms with Crippen LogP contribution in [-0.4, -0.2) is 75.7 Å². The average molecular weight is 554 g/mol. The Morgan fingerprint density at radius 1 is 1.20 bits per heavy atom. The smallest absolute Gasteiger partial charge is 0.248 e. The molecule has 1 unspecified atom stereocenters. The summed E-state index contributed by atoms with van der Waals surface area (Å²) in [7, 11) is 0. The van der Waals surface area contributed by atoms with E-state index in [2.05, 4.69) is 27.1 Å². The number of H-pyrrole nitrogens is 1. The number of Topliss-reactive ketones (excluding diaryl/α,β-unsaturated/α-hetero) is 1. The summed E-state index contributed by atoms with van der Waals surface area (Å²) >= 11 is 0. The lowest BCUT2D eigenvalue weighted by atomic mass is 9.89. The van der Waals surface area contributed by atoms with Crippen LogP contribution in [0.4, 0.5) is 0 Å². The first-order chi connectivity index (χ1) is 20.0. The van der Waals surface area contributed by atoms with Crippen LogP contribution < -0.4 is 4.74 Å². The molecule has 0 spiro atoms. The summed E-state index contributed by atoms with van der Waals surface area (Å²) in [5, 5.41) is 19.8. The molecule has 1 amide bonds. The Morgan fingerprint density at radius 3 is 2.71 bits per heavy atom. The lowest BCUT2D eigenvalue weighted by Gasteiger charge is -2.32. The molecule has 1 aromatic carbocycles. The minimum absolute atomic E-state index is 0.0881. The van der Waals surface area contributed by atoms with Crippen molar-refractivity contribution in [3.63, 3.8) is 0 Å². The number of piperidine rings is 1. The minimum atomic E-state index is -0.488. The fourth-order valence-electron chi connectivity index (χ4n) is 5.60. The average Bonchev–Trinajstić information content (AvgIpc) is 3.44. The molecule has 2 N–H and O–H groups in total. The summed E-state index contributed by atoms with van der Waals surface area (Å²) < 4.78 is 11.3. The number of benzene rings is 1. The van der Waals surface area contributed by atoms with Crippen LogP contribution in [0.3, 0.4) is 0 Å². The van der Waals surface area contributed by atoms with Crippen molar-refractivity contribution in [2.24, 2.45) is 5.92 Å². The predicted molar refractivity (Wildman–Crippen MR) is 150 cm³/mol. The zero-order valence-corrected chi connectivity index (χ0v) is 22.6. The number of aliphatic hydroxyl groups is 1. The van der Waals surface area contributed by atoms with Crippen molar-refractivity contribution < 1.29 is 24.2 Å². The monoisotopic (exact) mass is 553 g/mol. The van der Waals surface area contributed by atoms with Gasteiger partial charge in [-0.05, 0) is 30.7 Å². The number of aliphatic hydroxyl groups excluding tert-OH is 1. The molecule has 10 heteroatoms. The zero-order chi connectivity index (χ0) is 28.3. The van der Waals surface area contributed by atoms with E-state index in [-0.39, 0.29) is 23.7 Å². The number of likely N-dealkylation sites (tertiary alicyclic amines) is 1. The number of fused-ring (bicyclic) bond motifs is 1. The molecule has 2 aliphatic heterocycles. The van der Waals surface area contributed by atoms with E-state index in [1.54, 1.807) is 17.0 Å². The molecule has 3 aromatic rings. The highest BCUT2D eigenvalue weighted by molar-refractivity contribution is 5.98. The molecule has 0 bridgehead atoms. The molecule has 2 fully saturated rings. The van der Waals surface area contributed by atoms with Crippen LogP contribution in [0, 0.1) is 17.2 Å². The highest BCUT2D eigenvalue weighted by atomic mass is 16.5. The number of nitrogens with zero attached hydrogens (tertiary/aromatic N) is 4. The topological polar surface area (TPSA) is 141 Å².